The number of anilines is 1. The molecule has 0 aliphatic heterocycles. The summed E-state index contributed by atoms with van der Waals surface area (Å²) < 4.78 is 0. The Morgan fingerprint density at radius 2 is 1.88 bits per heavy atom. The number of hydrogen-bond acceptors (Lipinski definition) is 4. The molecule has 0 fully saturated rings. The smallest absolute Gasteiger partial charge is 0.144 e. The number of nitrogens with one attached hydrogen (secondary N) is 2. The van der Waals surface area contributed by atoms with Gasteiger partial charge in [-0.15, -0.1) is 0 Å². The maximum absolute atomic E-state index is 4.35. The predicted octanol–water partition coefficient (Wildman–Crippen LogP) is 2.18. The van der Waals surface area contributed by atoms with Crippen molar-refractivity contribution in [2.45, 2.75) is 52.7 Å². The highest BCUT2D eigenvalue weighted by Gasteiger charge is 2.08. The maximum Gasteiger partial charge on any atom is 0.144 e. The van der Waals surface area contributed by atoms with Gasteiger partial charge in [0.15, 0.2) is 0 Å². The summed E-state index contributed by atoms with van der Waals surface area (Å²) in [6.45, 7) is 11.3. The Bertz CT molecular complexity index is 311. The van der Waals surface area contributed by atoms with Crippen LogP contribution < -0.4 is 10.6 Å². The lowest BCUT2D eigenvalue weighted by Gasteiger charge is -2.20. The standard InChI is InChI=1S/C12H22N4/c1-9(2)16-11-8-13-10(6-14-11)7-15-12(3,4)5/h6,8-9,15H,7H2,1-5H3,(H,14,16). The van der Waals surface area contributed by atoms with Crippen molar-refractivity contribution in [3.63, 3.8) is 0 Å². The summed E-state index contributed by atoms with van der Waals surface area (Å²) in [5.74, 6) is 0.828. The van der Waals surface area contributed by atoms with Crippen LogP contribution in [0.15, 0.2) is 12.4 Å². The summed E-state index contributed by atoms with van der Waals surface area (Å²) >= 11 is 0. The number of hydrogen-bond donors (Lipinski definition) is 2. The minimum absolute atomic E-state index is 0.108. The average Bonchev–Trinajstić information content (AvgIpc) is 2.14. The van der Waals surface area contributed by atoms with E-state index in [-0.39, 0.29) is 5.54 Å². The van der Waals surface area contributed by atoms with Crippen molar-refractivity contribution in [2.24, 2.45) is 0 Å². The Balaban J connectivity index is 2.51. The summed E-state index contributed by atoms with van der Waals surface area (Å²) in [6, 6.07) is 0.382. The molecule has 0 saturated carbocycles. The summed E-state index contributed by atoms with van der Waals surface area (Å²) in [4.78, 5) is 8.65. The molecule has 0 aliphatic rings. The highest BCUT2D eigenvalue weighted by molar-refractivity contribution is 5.31. The Kier molecular flexibility index (Phi) is 4.24. The first-order valence-corrected chi connectivity index (χ1v) is 5.69. The predicted molar refractivity (Wildman–Crippen MR) is 67.4 cm³/mol. The highest BCUT2D eigenvalue weighted by Crippen LogP contribution is 2.05. The van der Waals surface area contributed by atoms with Gasteiger partial charge in [-0.05, 0) is 34.6 Å². The van der Waals surface area contributed by atoms with Gasteiger partial charge in [0.25, 0.3) is 0 Å². The van der Waals surface area contributed by atoms with E-state index in [0.29, 0.717) is 6.04 Å². The topological polar surface area (TPSA) is 49.8 Å². The first-order valence-electron chi connectivity index (χ1n) is 5.69. The minimum atomic E-state index is 0.108. The molecule has 4 nitrogen and oxygen atoms in total. The van der Waals surface area contributed by atoms with Gasteiger partial charge < -0.3 is 10.6 Å². The normalized spacial score (nSPS) is 11.9. The lowest BCUT2D eigenvalue weighted by atomic mass is 10.1. The Hall–Kier alpha value is -1.16. The molecule has 1 aromatic rings. The van der Waals surface area contributed by atoms with Crippen molar-refractivity contribution in [3.8, 4) is 0 Å². The van der Waals surface area contributed by atoms with Crippen molar-refractivity contribution in [1.29, 1.82) is 0 Å². The Morgan fingerprint density at radius 1 is 1.19 bits per heavy atom. The van der Waals surface area contributed by atoms with Crippen molar-refractivity contribution < 1.29 is 0 Å². The second-order valence-electron chi connectivity index (χ2n) is 5.30. The fraction of sp³-hybridized carbons (Fsp3) is 0.667. The molecule has 1 heterocycles. The summed E-state index contributed by atoms with van der Waals surface area (Å²) in [7, 11) is 0. The fourth-order valence-corrected chi connectivity index (χ4v) is 1.17. The molecule has 1 rings (SSSR count). The van der Waals surface area contributed by atoms with Crippen LogP contribution in [0.1, 0.15) is 40.3 Å². The van der Waals surface area contributed by atoms with Gasteiger partial charge >= 0.3 is 0 Å². The zero-order valence-electron chi connectivity index (χ0n) is 10.8. The van der Waals surface area contributed by atoms with Crippen LogP contribution in [0.2, 0.25) is 0 Å². The molecular weight excluding hydrogens is 200 g/mol. The van der Waals surface area contributed by atoms with E-state index < -0.39 is 0 Å². The molecule has 4 heteroatoms. The lowest BCUT2D eigenvalue weighted by Crippen LogP contribution is -2.35. The first-order chi connectivity index (χ1) is 7.37. The number of nitrogens with zero attached hydrogens (tertiary/aromatic N) is 2. The molecule has 0 amide bonds. The van der Waals surface area contributed by atoms with Crippen molar-refractivity contribution in [3.05, 3.63) is 18.1 Å². The minimum Gasteiger partial charge on any atom is -0.367 e. The van der Waals surface area contributed by atoms with Gasteiger partial charge in [-0.1, -0.05) is 0 Å². The molecule has 0 aliphatic carbocycles. The molecule has 2 N–H and O–H groups in total. The van der Waals surface area contributed by atoms with Crippen molar-refractivity contribution >= 4 is 5.82 Å². The van der Waals surface area contributed by atoms with Gasteiger partial charge in [0, 0.05) is 18.1 Å². The van der Waals surface area contributed by atoms with Gasteiger partial charge in [0.05, 0.1) is 18.1 Å². The fourth-order valence-electron chi connectivity index (χ4n) is 1.17. The van der Waals surface area contributed by atoms with E-state index in [2.05, 4.69) is 55.2 Å². The van der Waals surface area contributed by atoms with Crippen LogP contribution in [-0.2, 0) is 6.54 Å². The Morgan fingerprint density at radius 3 is 2.31 bits per heavy atom. The van der Waals surface area contributed by atoms with Crippen LogP contribution in [0, 0.1) is 0 Å². The van der Waals surface area contributed by atoms with Gasteiger partial charge in [-0.3, -0.25) is 4.98 Å². The molecule has 0 aromatic carbocycles. The van der Waals surface area contributed by atoms with E-state index >= 15 is 0 Å². The molecule has 1 aromatic heterocycles. The van der Waals surface area contributed by atoms with Gasteiger partial charge in [-0.2, -0.15) is 0 Å². The molecule has 90 valence electrons. The number of aromatic nitrogens is 2. The van der Waals surface area contributed by atoms with Crippen LogP contribution >= 0.6 is 0 Å². The summed E-state index contributed by atoms with van der Waals surface area (Å²) in [5, 5.41) is 6.59. The number of rotatable bonds is 4. The van der Waals surface area contributed by atoms with Crippen molar-refractivity contribution in [1.82, 2.24) is 15.3 Å². The van der Waals surface area contributed by atoms with Gasteiger partial charge in [0.1, 0.15) is 5.82 Å². The third kappa shape index (κ3) is 5.07. The van der Waals surface area contributed by atoms with E-state index in [1.807, 2.05) is 6.20 Å². The zero-order chi connectivity index (χ0) is 12.2. The second kappa shape index (κ2) is 5.25. The SMILES string of the molecule is CC(C)Nc1cnc(CNC(C)(C)C)cn1. The molecule has 16 heavy (non-hydrogen) atoms. The average molecular weight is 222 g/mol. The molecule has 0 bridgehead atoms. The quantitative estimate of drug-likeness (QED) is 0.820. The molecule has 0 radical (unpaired) electrons. The Labute approximate surface area is 97.9 Å². The third-order valence-electron chi connectivity index (χ3n) is 1.94. The van der Waals surface area contributed by atoms with E-state index in [9.17, 15) is 0 Å². The van der Waals surface area contributed by atoms with Gasteiger partial charge in [0.2, 0.25) is 0 Å². The summed E-state index contributed by atoms with van der Waals surface area (Å²) in [5.41, 5.74) is 1.07. The van der Waals surface area contributed by atoms with E-state index in [1.54, 1.807) is 6.20 Å². The van der Waals surface area contributed by atoms with E-state index in [4.69, 9.17) is 0 Å². The first kappa shape index (κ1) is 12.9. The molecule has 0 atom stereocenters. The van der Waals surface area contributed by atoms with Crippen LogP contribution in [0.3, 0.4) is 0 Å². The highest BCUT2D eigenvalue weighted by atomic mass is 15.0. The second-order valence-corrected chi connectivity index (χ2v) is 5.30. The zero-order valence-corrected chi connectivity index (χ0v) is 10.8. The van der Waals surface area contributed by atoms with E-state index in [0.717, 1.165) is 18.1 Å². The van der Waals surface area contributed by atoms with E-state index in [1.165, 1.54) is 0 Å². The van der Waals surface area contributed by atoms with Crippen LogP contribution in [0.4, 0.5) is 5.82 Å². The monoisotopic (exact) mass is 222 g/mol. The lowest BCUT2D eigenvalue weighted by molar-refractivity contribution is 0.421. The molecule has 0 spiro atoms. The molecular formula is C12H22N4. The maximum atomic E-state index is 4.35. The van der Waals surface area contributed by atoms with Crippen molar-refractivity contribution in [2.75, 3.05) is 5.32 Å². The summed E-state index contributed by atoms with van der Waals surface area (Å²) in [6.07, 6.45) is 3.59. The molecule has 0 saturated heterocycles. The van der Waals surface area contributed by atoms with Gasteiger partial charge in [-0.25, -0.2) is 4.98 Å². The largest absolute Gasteiger partial charge is 0.367 e. The third-order valence-corrected chi connectivity index (χ3v) is 1.94. The van der Waals surface area contributed by atoms with Crippen LogP contribution in [0.25, 0.3) is 0 Å². The van der Waals surface area contributed by atoms with Crippen LogP contribution in [0.5, 0.6) is 0 Å². The molecule has 0 unspecified atom stereocenters. The van der Waals surface area contributed by atoms with Crippen LogP contribution in [-0.4, -0.2) is 21.5 Å².